The molecule has 0 bridgehead atoms. The number of carbonyl (C=O) groups excluding carboxylic acids is 1. The molecule has 2 aromatic carbocycles. The van der Waals surface area contributed by atoms with E-state index in [1.807, 2.05) is 24.8 Å². The van der Waals surface area contributed by atoms with Crippen LogP contribution in [0.2, 0.25) is 0 Å². The summed E-state index contributed by atoms with van der Waals surface area (Å²) < 4.78 is 11.5. The van der Waals surface area contributed by atoms with Gasteiger partial charge in [0.15, 0.2) is 0 Å². The summed E-state index contributed by atoms with van der Waals surface area (Å²) in [5.41, 5.74) is 2.25. The monoisotopic (exact) mass is 411 g/mol. The first-order valence-corrected chi connectivity index (χ1v) is 10.3. The molecular weight excluding hydrogens is 386 g/mol. The van der Waals surface area contributed by atoms with Crippen molar-refractivity contribution in [2.45, 2.75) is 39.2 Å². The van der Waals surface area contributed by atoms with Gasteiger partial charge in [-0.25, -0.2) is 0 Å². The number of hydrogen-bond acceptors (Lipinski definition) is 6. The molecule has 1 atom stereocenters. The van der Waals surface area contributed by atoms with Crippen LogP contribution in [0.3, 0.4) is 0 Å². The second kappa shape index (κ2) is 8.22. The molecule has 2 aliphatic rings. The molecule has 0 aromatic heterocycles. The second-order valence-electron chi connectivity index (χ2n) is 7.63. The molecule has 158 valence electrons. The molecule has 2 heterocycles. The van der Waals surface area contributed by atoms with Crippen LogP contribution in [0.15, 0.2) is 30.3 Å². The summed E-state index contributed by atoms with van der Waals surface area (Å²) in [6.45, 7) is 5.89. The van der Waals surface area contributed by atoms with Gasteiger partial charge in [0.05, 0.1) is 17.2 Å². The van der Waals surface area contributed by atoms with Crippen molar-refractivity contribution in [3.8, 4) is 11.5 Å². The summed E-state index contributed by atoms with van der Waals surface area (Å²) in [6, 6.07) is 8.28. The van der Waals surface area contributed by atoms with Gasteiger partial charge in [0.25, 0.3) is 11.6 Å². The van der Waals surface area contributed by atoms with Crippen LogP contribution >= 0.6 is 0 Å². The van der Waals surface area contributed by atoms with Crippen LogP contribution < -0.4 is 19.7 Å². The summed E-state index contributed by atoms with van der Waals surface area (Å²) in [7, 11) is 0. The van der Waals surface area contributed by atoms with E-state index in [2.05, 4.69) is 5.32 Å². The fraction of sp³-hybridized carbons (Fsp3) is 0.409. The number of nitro benzene ring substituents is 1. The van der Waals surface area contributed by atoms with Crippen LogP contribution in [-0.4, -0.2) is 36.6 Å². The predicted molar refractivity (Wildman–Crippen MR) is 114 cm³/mol. The van der Waals surface area contributed by atoms with Gasteiger partial charge in [-0.3, -0.25) is 14.9 Å². The van der Waals surface area contributed by atoms with E-state index in [9.17, 15) is 14.9 Å². The molecule has 1 fully saturated rings. The van der Waals surface area contributed by atoms with Crippen molar-refractivity contribution in [1.29, 1.82) is 0 Å². The third kappa shape index (κ3) is 3.90. The Morgan fingerprint density at radius 3 is 2.77 bits per heavy atom. The third-order valence-corrected chi connectivity index (χ3v) is 5.43. The zero-order valence-electron chi connectivity index (χ0n) is 17.1. The highest BCUT2D eigenvalue weighted by Crippen LogP contribution is 2.38. The Balaban J connectivity index is 1.62. The summed E-state index contributed by atoms with van der Waals surface area (Å²) in [6.07, 6.45) is 2.88. The van der Waals surface area contributed by atoms with Crippen molar-refractivity contribution in [3.63, 3.8) is 0 Å². The number of nitrogens with one attached hydrogen (secondary N) is 1. The zero-order chi connectivity index (χ0) is 21.3. The fourth-order valence-corrected chi connectivity index (χ4v) is 4.04. The van der Waals surface area contributed by atoms with Crippen LogP contribution in [-0.2, 0) is 6.42 Å². The van der Waals surface area contributed by atoms with Gasteiger partial charge in [0, 0.05) is 42.8 Å². The average molecular weight is 411 g/mol. The van der Waals surface area contributed by atoms with Gasteiger partial charge in [0.1, 0.15) is 23.3 Å². The maximum Gasteiger partial charge on any atom is 0.293 e. The minimum Gasteiger partial charge on any atom is -0.492 e. The quantitative estimate of drug-likeness (QED) is 0.566. The Bertz CT molecular complexity index is 985. The van der Waals surface area contributed by atoms with Crippen LogP contribution in [0.25, 0.3) is 0 Å². The Labute approximate surface area is 174 Å². The number of benzene rings is 2. The molecule has 0 spiro atoms. The van der Waals surface area contributed by atoms with Crippen LogP contribution in [0.4, 0.5) is 17.1 Å². The van der Waals surface area contributed by atoms with Crippen molar-refractivity contribution >= 4 is 23.0 Å². The number of ether oxygens (including phenoxy) is 2. The summed E-state index contributed by atoms with van der Waals surface area (Å²) >= 11 is 0. The Hall–Kier alpha value is -3.29. The lowest BCUT2D eigenvalue weighted by Crippen LogP contribution is -2.20. The Kier molecular flexibility index (Phi) is 5.48. The van der Waals surface area contributed by atoms with Gasteiger partial charge in [-0.05, 0) is 44.9 Å². The molecule has 2 aliphatic heterocycles. The third-order valence-electron chi connectivity index (χ3n) is 5.43. The highest BCUT2D eigenvalue weighted by molar-refractivity contribution is 6.06. The van der Waals surface area contributed by atoms with Gasteiger partial charge in [-0.15, -0.1) is 0 Å². The first-order chi connectivity index (χ1) is 14.5. The standard InChI is InChI=1S/C22H25N3O5/c1-3-29-21-12-16-10-14(2)30-20(16)13-17(21)23-22(26)15-6-7-18(19(11-15)25(27)28)24-8-4-5-9-24/h6-7,11-14H,3-5,8-10H2,1-2H3,(H,23,26)/t14-/m1/s1. The van der Waals surface area contributed by atoms with E-state index in [0.717, 1.165) is 43.7 Å². The van der Waals surface area contributed by atoms with Gasteiger partial charge < -0.3 is 19.7 Å². The number of hydrogen-bond donors (Lipinski definition) is 1. The summed E-state index contributed by atoms with van der Waals surface area (Å²) in [4.78, 5) is 26.1. The molecule has 0 aliphatic carbocycles. The first kappa shape index (κ1) is 20.0. The lowest BCUT2D eigenvalue weighted by Gasteiger charge is -2.18. The van der Waals surface area contributed by atoms with E-state index < -0.39 is 10.8 Å². The van der Waals surface area contributed by atoms with Crippen molar-refractivity contribution in [2.75, 3.05) is 29.9 Å². The van der Waals surface area contributed by atoms with E-state index >= 15 is 0 Å². The molecule has 8 nitrogen and oxygen atoms in total. The summed E-state index contributed by atoms with van der Waals surface area (Å²) in [5.74, 6) is 0.847. The van der Waals surface area contributed by atoms with Gasteiger partial charge in [0.2, 0.25) is 0 Å². The van der Waals surface area contributed by atoms with Crippen molar-refractivity contribution in [1.82, 2.24) is 0 Å². The lowest BCUT2D eigenvalue weighted by atomic mass is 10.1. The van der Waals surface area contributed by atoms with Gasteiger partial charge in [-0.2, -0.15) is 0 Å². The van der Waals surface area contributed by atoms with E-state index in [0.29, 0.717) is 23.7 Å². The number of rotatable bonds is 6. The van der Waals surface area contributed by atoms with Gasteiger partial charge in [-0.1, -0.05) is 0 Å². The molecule has 30 heavy (non-hydrogen) atoms. The minimum absolute atomic E-state index is 0.0549. The van der Waals surface area contributed by atoms with Crippen molar-refractivity contribution < 1.29 is 19.2 Å². The molecule has 8 heteroatoms. The van der Waals surface area contributed by atoms with Crippen LogP contribution in [0, 0.1) is 10.1 Å². The SMILES string of the molecule is CCOc1cc2c(cc1NC(=O)c1ccc(N3CCCC3)c([N+](=O)[O-])c1)O[C@H](C)C2. The molecule has 1 saturated heterocycles. The molecular formula is C22H25N3O5. The molecule has 0 radical (unpaired) electrons. The fourth-order valence-electron chi connectivity index (χ4n) is 4.04. The van der Waals surface area contributed by atoms with E-state index in [-0.39, 0.29) is 17.4 Å². The normalized spacial score (nSPS) is 17.4. The van der Waals surface area contributed by atoms with Crippen LogP contribution in [0.1, 0.15) is 42.6 Å². The highest BCUT2D eigenvalue weighted by atomic mass is 16.6. The number of anilines is 2. The second-order valence-corrected chi connectivity index (χ2v) is 7.63. The number of carbonyl (C=O) groups is 1. The molecule has 1 amide bonds. The molecule has 0 unspecified atom stereocenters. The number of fused-ring (bicyclic) bond motifs is 1. The van der Waals surface area contributed by atoms with Crippen LogP contribution in [0.5, 0.6) is 11.5 Å². The topological polar surface area (TPSA) is 93.9 Å². The lowest BCUT2D eigenvalue weighted by molar-refractivity contribution is -0.384. The predicted octanol–water partition coefficient (Wildman–Crippen LogP) is 4.17. The van der Waals surface area contributed by atoms with E-state index in [1.54, 1.807) is 18.2 Å². The van der Waals surface area contributed by atoms with Crippen molar-refractivity contribution in [3.05, 3.63) is 51.6 Å². The maximum absolute atomic E-state index is 12.9. The summed E-state index contributed by atoms with van der Waals surface area (Å²) in [5, 5.41) is 14.5. The molecule has 2 aromatic rings. The average Bonchev–Trinajstić information content (AvgIpc) is 3.36. The van der Waals surface area contributed by atoms with Gasteiger partial charge >= 0.3 is 0 Å². The minimum atomic E-state index is -0.432. The first-order valence-electron chi connectivity index (χ1n) is 10.3. The zero-order valence-corrected chi connectivity index (χ0v) is 17.1. The Morgan fingerprint density at radius 1 is 1.30 bits per heavy atom. The number of amides is 1. The number of nitrogens with zero attached hydrogens (tertiary/aromatic N) is 2. The molecule has 0 saturated carbocycles. The Morgan fingerprint density at radius 2 is 2.07 bits per heavy atom. The molecule has 1 N–H and O–H groups in total. The molecule has 4 rings (SSSR count). The smallest absolute Gasteiger partial charge is 0.293 e. The van der Waals surface area contributed by atoms with Crippen molar-refractivity contribution in [2.24, 2.45) is 0 Å². The maximum atomic E-state index is 12.9. The number of nitro groups is 1. The van der Waals surface area contributed by atoms with E-state index in [4.69, 9.17) is 9.47 Å². The highest BCUT2D eigenvalue weighted by Gasteiger charge is 2.25. The van der Waals surface area contributed by atoms with E-state index in [1.165, 1.54) is 6.07 Å². The largest absolute Gasteiger partial charge is 0.492 e.